The highest BCUT2D eigenvalue weighted by atomic mass is 16.5. The van der Waals surface area contributed by atoms with E-state index in [2.05, 4.69) is 4.98 Å². The number of aromatic nitrogens is 2. The van der Waals surface area contributed by atoms with E-state index < -0.39 is 0 Å². The van der Waals surface area contributed by atoms with Crippen molar-refractivity contribution in [3.63, 3.8) is 0 Å². The molecule has 0 unspecified atom stereocenters. The molecule has 0 bridgehead atoms. The van der Waals surface area contributed by atoms with Gasteiger partial charge in [0.25, 0.3) is 0 Å². The van der Waals surface area contributed by atoms with Gasteiger partial charge in [0.2, 0.25) is 0 Å². The van der Waals surface area contributed by atoms with Gasteiger partial charge in [-0.25, -0.2) is 9.66 Å². The molecule has 0 saturated heterocycles. The van der Waals surface area contributed by atoms with Gasteiger partial charge in [-0.3, -0.25) is 0 Å². The highest BCUT2D eigenvalue weighted by Gasteiger charge is 2.13. The van der Waals surface area contributed by atoms with Gasteiger partial charge in [-0.15, -0.1) is 0 Å². The number of rotatable bonds is 2. The van der Waals surface area contributed by atoms with Gasteiger partial charge in [0, 0.05) is 10.9 Å². The average Bonchev–Trinajstić information content (AvgIpc) is 2.78. The lowest BCUT2D eigenvalue weighted by atomic mass is 10.0. The zero-order chi connectivity index (χ0) is 13.4. The third-order valence-corrected chi connectivity index (χ3v) is 3.19. The summed E-state index contributed by atoms with van der Waals surface area (Å²) in [5, 5.41) is 2.06. The van der Waals surface area contributed by atoms with Crippen molar-refractivity contribution in [1.82, 2.24) is 9.66 Å². The van der Waals surface area contributed by atoms with Crippen LogP contribution in [0.5, 0.6) is 5.75 Å². The second kappa shape index (κ2) is 4.20. The van der Waals surface area contributed by atoms with Gasteiger partial charge in [-0.2, -0.15) is 0 Å². The Labute approximate surface area is 110 Å². The largest absolute Gasteiger partial charge is 0.496 e. The highest BCUT2D eigenvalue weighted by Crippen LogP contribution is 2.35. The number of nitrogens with zero attached hydrogens (tertiary/aromatic N) is 2. The van der Waals surface area contributed by atoms with Crippen LogP contribution in [-0.4, -0.2) is 16.8 Å². The predicted molar refractivity (Wildman–Crippen MR) is 76.3 cm³/mol. The van der Waals surface area contributed by atoms with Crippen molar-refractivity contribution in [3.8, 4) is 17.0 Å². The van der Waals surface area contributed by atoms with Crippen LogP contribution in [0.4, 0.5) is 5.82 Å². The molecule has 5 heteroatoms. The summed E-state index contributed by atoms with van der Waals surface area (Å²) in [5.41, 5.74) is 7.56. The molecule has 0 amide bonds. The quantitative estimate of drug-likeness (QED) is 0.686. The van der Waals surface area contributed by atoms with Crippen LogP contribution in [0.25, 0.3) is 22.0 Å². The lowest BCUT2D eigenvalue weighted by molar-refractivity contribution is 0.420. The molecule has 0 spiro atoms. The Kier molecular flexibility index (Phi) is 2.52. The molecule has 1 aromatic heterocycles. The Morgan fingerprint density at radius 1 is 1.11 bits per heavy atom. The molecule has 4 N–H and O–H groups in total. The summed E-state index contributed by atoms with van der Waals surface area (Å²) < 4.78 is 6.69. The van der Waals surface area contributed by atoms with Gasteiger partial charge < -0.3 is 16.3 Å². The molecule has 0 aliphatic rings. The van der Waals surface area contributed by atoms with Crippen molar-refractivity contribution in [2.45, 2.75) is 0 Å². The molecule has 0 aliphatic heterocycles. The fourth-order valence-corrected chi connectivity index (χ4v) is 2.23. The Morgan fingerprint density at radius 2 is 1.84 bits per heavy atom. The number of hydrogen-bond donors (Lipinski definition) is 2. The minimum Gasteiger partial charge on any atom is -0.496 e. The van der Waals surface area contributed by atoms with E-state index in [0.29, 0.717) is 11.5 Å². The summed E-state index contributed by atoms with van der Waals surface area (Å²) in [6.07, 6.45) is 1.50. The van der Waals surface area contributed by atoms with Crippen LogP contribution in [-0.2, 0) is 0 Å². The maximum Gasteiger partial charge on any atom is 0.150 e. The van der Waals surface area contributed by atoms with Crippen LogP contribution >= 0.6 is 0 Å². The number of hydrogen-bond acceptors (Lipinski definition) is 4. The molecule has 3 aromatic rings. The van der Waals surface area contributed by atoms with Gasteiger partial charge in [0.05, 0.1) is 7.11 Å². The van der Waals surface area contributed by atoms with Gasteiger partial charge in [-0.1, -0.05) is 24.3 Å². The molecule has 0 atom stereocenters. The number of fused-ring (bicyclic) bond motifs is 1. The van der Waals surface area contributed by atoms with Crippen LogP contribution in [0.3, 0.4) is 0 Å². The van der Waals surface area contributed by atoms with Crippen molar-refractivity contribution in [2.75, 3.05) is 18.7 Å². The fourth-order valence-electron chi connectivity index (χ4n) is 2.23. The first kappa shape index (κ1) is 11.4. The van der Waals surface area contributed by atoms with E-state index in [1.54, 1.807) is 7.11 Å². The second-order valence-electron chi connectivity index (χ2n) is 4.25. The predicted octanol–water partition coefficient (Wildman–Crippen LogP) is 2.01. The zero-order valence-corrected chi connectivity index (χ0v) is 10.5. The fraction of sp³-hybridized carbons (Fsp3) is 0.0714. The van der Waals surface area contributed by atoms with Crippen molar-refractivity contribution >= 4 is 16.6 Å². The van der Waals surface area contributed by atoms with Gasteiger partial charge in [0.1, 0.15) is 17.8 Å². The lowest BCUT2D eigenvalue weighted by Crippen LogP contribution is -2.10. The summed E-state index contributed by atoms with van der Waals surface area (Å²) >= 11 is 0. The molecule has 96 valence electrons. The highest BCUT2D eigenvalue weighted by molar-refractivity contribution is 6.00. The molecular formula is C14H14N4O. The van der Waals surface area contributed by atoms with E-state index >= 15 is 0 Å². The molecule has 3 rings (SSSR count). The van der Waals surface area contributed by atoms with E-state index in [9.17, 15) is 0 Å². The minimum absolute atomic E-state index is 0.440. The third-order valence-electron chi connectivity index (χ3n) is 3.19. The zero-order valence-electron chi connectivity index (χ0n) is 10.5. The number of imidazole rings is 1. The van der Waals surface area contributed by atoms with E-state index in [4.69, 9.17) is 16.3 Å². The van der Waals surface area contributed by atoms with Crippen LogP contribution in [0, 0.1) is 0 Å². The molecule has 0 saturated carbocycles. The molecular weight excluding hydrogens is 240 g/mol. The smallest absolute Gasteiger partial charge is 0.150 e. The number of nitrogen functional groups attached to an aromatic ring is 2. The number of anilines is 1. The first-order valence-electron chi connectivity index (χ1n) is 5.86. The Morgan fingerprint density at radius 3 is 2.47 bits per heavy atom. The van der Waals surface area contributed by atoms with Crippen molar-refractivity contribution < 1.29 is 4.74 Å². The van der Waals surface area contributed by atoms with E-state index in [1.165, 1.54) is 11.0 Å². The van der Waals surface area contributed by atoms with Gasteiger partial charge in [0.15, 0.2) is 5.82 Å². The van der Waals surface area contributed by atoms with Crippen molar-refractivity contribution in [3.05, 3.63) is 42.7 Å². The average molecular weight is 254 g/mol. The van der Waals surface area contributed by atoms with Crippen LogP contribution < -0.4 is 16.3 Å². The first-order valence-corrected chi connectivity index (χ1v) is 5.86. The van der Waals surface area contributed by atoms with Crippen LogP contribution in [0.1, 0.15) is 0 Å². The van der Waals surface area contributed by atoms with Crippen LogP contribution in [0.2, 0.25) is 0 Å². The molecule has 0 fully saturated rings. The summed E-state index contributed by atoms with van der Waals surface area (Å²) in [7, 11) is 1.66. The summed E-state index contributed by atoms with van der Waals surface area (Å²) in [4.78, 5) is 4.26. The molecule has 5 nitrogen and oxygen atoms in total. The maximum atomic E-state index is 5.94. The Hall–Kier alpha value is -2.69. The maximum absolute atomic E-state index is 5.94. The van der Waals surface area contributed by atoms with Crippen molar-refractivity contribution in [2.24, 2.45) is 0 Å². The van der Waals surface area contributed by atoms with Crippen LogP contribution in [0.15, 0.2) is 42.7 Å². The molecule has 2 aromatic carbocycles. The van der Waals surface area contributed by atoms with E-state index in [0.717, 1.165) is 22.1 Å². The minimum atomic E-state index is 0.440. The molecule has 0 radical (unpaired) electrons. The number of methoxy groups -OCH3 is 1. The third kappa shape index (κ3) is 1.67. The number of benzene rings is 2. The summed E-state index contributed by atoms with van der Waals surface area (Å²) in [5.74, 6) is 6.95. The number of ether oxygens (including phenoxy) is 1. The normalized spacial score (nSPS) is 10.8. The SMILES string of the molecule is COc1ccc(-c2ncn(N)c2N)c2ccccc12. The Bertz CT molecular complexity index is 748. The standard InChI is InChI=1S/C14H14N4O/c1-19-12-7-6-11(9-4-2-3-5-10(9)12)13-14(15)18(16)8-17-13/h2-8H,15-16H2,1H3. The second-order valence-corrected chi connectivity index (χ2v) is 4.25. The molecule has 19 heavy (non-hydrogen) atoms. The monoisotopic (exact) mass is 254 g/mol. The Balaban J connectivity index is 2.34. The molecule has 1 heterocycles. The lowest BCUT2D eigenvalue weighted by Gasteiger charge is -2.09. The van der Waals surface area contributed by atoms with E-state index in [1.807, 2.05) is 36.4 Å². The van der Waals surface area contributed by atoms with Gasteiger partial charge in [-0.05, 0) is 17.5 Å². The van der Waals surface area contributed by atoms with E-state index in [-0.39, 0.29) is 0 Å². The number of nitrogens with two attached hydrogens (primary N) is 2. The van der Waals surface area contributed by atoms with Gasteiger partial charge >= 0.3 is 0 Å². The summed E-state index contributed by atoms with van der Waals surface area (Å²) in [6.45, 7) is 0. The van der Waals surface area contributed by atoms with Crippen molar-refractivity contribution in [1.29, 1.82) is 0 Å². The molecule has 0 aliphatic carbocycles. The summed E-state index contributed by atoms with van der Waals surface area (Å²) in [6, 6.07) is 11.8. The first-order chi connectivity index (χ1) is 9.22. The topological polar surface area (TPSA) is 79.1 Å².